The van der Waals surface area contributed by atoms with Gasteiger partial charge in [0.25, 0.3) is 0 Å². The molecule has 0 radical (unpaired) electrons. The van der Waals surface area contributed by atoms with Gasteiger partial charge in [0, 0.05) is 5.92 Å². The Morgan fingerprint density at radius 2 is 2.29 bits per heavy atom. The standard InChI is InChI=1S/C11H15ClOS/c1-4-5-7(2)10(13)11-9(12)8(3)6-14-11/h6-7H,4-5H2,1-3H3. The minimum absolute atomic E-state index is 0.0931. The number of carbonyl (C=O) groups is 1. The number of thiophene rings is 1. The zero-order chi connectivity index (χ0) is 10.7. The first kappa shape index (κ1) is 11.7. The quantitative estimate of drug-likeness (QED) is 0.704. The number of hydrogen-bond acceptors (Lipinski definition) is 2. The molecule has 0 saturated heterocycles. The average molecular weight is 231 g/mol. The van der Waals surface area contributed by atoms with Gasteiger partial charge in [-0.15, -0.1) is 11.3 Å². The van der Waals surface area contributed by atoms with Crippen LogP contribution in [0, 0.1) is 12.8 Å². The molecule has 3 heteroatoms. The van der Waals surface area contributed by atoms with Crippen molar-refractivity contribution in [2.24, 2.45) is 5.92 Å². The van der Waals surface area contributed by atoms with Crippen LogP contribution in [0.15, 0.2) is 5.38 Å². The van der Waals surface area contributed by atoms with Crippen LogP contribution in [0.4, 0.5) is 0 Å². The van der Waals surface area contributed by atoms with Crippen LogP contribution >= 0.6 is 22.9 Å². The number of aryl methyl sites for hydroxylation is 1. The largest absolute Gasteiger partial charge is 0.293 e. The van der Waals surface area contributed by atoms with Crippen molar-refractivity contribution in [1.82, 2.24) is 0 Å². The topological polar surface area (TPSA) is 17.1 Å². The SMILES string of the molecule is CCCC(C)C(=O)c1scc(C)c1Cl. The second kappa shape index (κ2) is 4.94. The highest BCUT2D eigenvalue weighted by atomic mass is 35.5. The molecular formula is C11H15ClOS. The molecule has 0 amide bonds. The van der Waals surface area contributed by atoms with Crippen LogP contribution in [0.5, 0.6) is 0 Å². The predicted octanol–water partition coefficient (Wildman–Crippen LogP) is 4.33. The van der Waals surface area contributed by atoms with Crippen LogP contribution in [0.3, 0.4) is 0 Å². The zero-order valence-electron chi connectivity index (χ0n) is 8.76. The molecule has 0 aliphatic rings. The van der Waals surface area contributed by atoms with Gasteiger partial charge in [0.2, 0.25) is 0 Å². The van der Waals surface area contributed by atoms with Crippen molar-refractivity contribution in [3.63, 3.8) is 0 Å². The van der Waals surface area contributed by atoms with Gasteiger partial charge in [-0.1, -0.05) is 31.9 Å². The maximum atomic E-state index is 11.9. The van der Waals surface area contributed by atoms with E-state index in [0.717, 1.165) is 23.3 Å². The number of ketones is 1. The minimum atomic E-state index is 0.0931. The van der Waals surface area contributed by atoms with Crippen LogP contribution in [-0.4, -0.2) is 5.78 Å². The highest BCUT2D eigenvalue weighted by Gasteiger charge is 2.19. The molecule has 0 aromatic carbocycles. The molecule has 1 aromatic heterocycles. The van der Waals surface area contributed by atoms with E-state index in [1.54, 1.807) is 0 Å². The van der Waals surface area contributed by atoms with Gasteiger partial charge >= 0.3 is 0 Å². The molecule has 0 bridgehead atoms. The van der Waals surface area contributed by atoms with Crippen LogP contribution in [0.1, 0.15) is 41.9 Å². The number of carbonyl (C=O) groups excluding carboxylic acids is 1. The van der Waals surface area contributed by atoms with Gasteiger partial charge in [-0.05, 0) is 24.3 Å². The summed E-state index contributed by atoms with van der Waals surface area (Å²) in [6, 6.07) is 0. The maximum absolute atomic E-state index is 11.9. The number of Topliss-reactive ketones (excluding diaryl/α,β-unsaturated/α-hetero) is 1. The number of rotatable bonds is 4. The summed E-state index contributed by atoms with van der Waals surface area (Å²) in [7, 11) is 0. The van der Waals surface area contributed by atoms with E-state index >= 15 is 0 Å². The third-order valence-electron chi connectivity index (χ3n) is 2.29. The highest BCUT2D eigenvalue weighted by Crippen LogP contribution is 2.30. The van der Waals surface area contributed by atoms with E-state index in [-0.39, 0.29) is 11.7 Å². The molecule has 1 unspecified atom stereocenters. The van der Waals surface area contributed by atoms with Gasteiger partial charge in [0.1, 0.15) is 0 Å². The molecule has 0 N–H and O–H groups in total. The average Bonchev–Trinajstić information content (AvgIpc) is 2.47. The van der Waals surface area contributed by atoms with Crippen molar-refractivity contribution in [3.8, 4) is 0 Å². The normalized spacial score (nSPS) is 12.9. The van der Waals surface area contributed by atoms with Gasteiger partial charge in [0.15, 0.2) is 5.78 Å². The van der Waals surface area contributed by atoms with Crippen molar-refractivity contribution < 1.29 is 4.79 Å². The van der Waals surface area contributed by atoms with Crippen LogP contribution < -0.4 is 0 Å². The summed E-state index contributed by atoms with van der Waals surface area (Å²) in [5, 5.41) is 2.58. The minimum Gasteiger partial charge on any atom is -0.293 e. The van der Waals surface area contributed by atoms with Gasteiger partial charge in [-0.3, -0.25) is 4.79 Å². The summed E-state index contributed by atoms with van der Waals surface area (Å²) in [5.41, 5.74) is 1.00. The van der Waals surface area contributed by atoms with Gasteiger partial charge < -0.3 is 0 Å². The summed E-state index contributed by atoms with van der Waals surface area (Å²) in [5.74, 6) is 0.283. The van der Waals surface area contributed by atoms with Crippen LogP contribution in [0.2, 0.25) is 5.02 Å². The van der Waals surface area contributed by atoms with Crippen LogP contribution in [0.25, 0.3) is 0 Å². The Kier molecular flexibility index (Phi) is 4.14. The van der Waals surface area contributed by atoms with E-state index in [2.05, 4.69) is 6.92 Å². The fraction of sp³-hybridized carbons (Fsp3) is 0.545. The Balaban J connectivity index is 2.84. The van der Waals surface area contributed by atoms with Crippen molar-refractivity contribution in [2.45, 2.75) is 33.6 Å². The first-order valence-electron chi connectivity index (χ1n) is 4.85. The summed E-state index contributed by atoms with van der Waals surface area (Å²) < 4.78 is 0. The third kappa shape index (κ3) is 2.37. The molecule has 1 nitrogen and oxygen atoms in total. The lowest BCUT2D eigenvalue weighted by molar-refractivity contribution is 0.0928. The molecule has 78 valence electrons. The van der Waals surface area contributed by atoms with Crippen molar-refractivity contribution in [1.29, 1.82) is 0 Å². The van der Waals surface area contributed by atoms with E-state index in [9.17, 15) is 4.79 Å². The monoisotopic (exact) mass is 230 g/mol. The van der Waals surface area contributed by atoms with E-state index in [1.807, 2.05) is 19.2 Å². The number of hydrogen-bond donors (Lipinski definition) is 0. The van der Waals surface area contributed by atoms with E-state index in [1.165, 1.54) is 11.3 Å². The lowest BCUT2D eigenvalue weighted by atomic mass is 10.00. The fourth-order valence-corrected chi connectivity index (χ4v) is 2.72. The summed E-state index contributed by atoms with van der Waals surface area (Å²) >= 11 is 7.49. The molecular weight excluding hydrogens is 216 g/mol. The van der Waals surface area contributed by atoms with Crippen molar-refractivity contribution >= 4 is 28.7 Å². The highest BCUT2D eigenvalue weighted by molar-refractivity contribution is 7.13. The lowest BCUT2D eigenvalue weighted by Crippen LogP contribution is -2.09. The first-order chi connectivity index (χ1) is 6.57. The van der Waals surface area contributed by atoms with Crippen molar-refractivity contribution in [3.05, 3.63) is 20.8 Å². The van der Waals surface area contributed by atoms with Gasteiger partial charge in [-0.2, -0.15) is 0 Å². The summed E-state index contributed by atoms with van der Waals surface area (Å²) in [4.78, 5) is 12.6. The molecule has 1 heterocycles. The maximum Gasteiger partial charge on any atom is 0.177 e. The molecule has 1 aromatic rings. The Bertz CT molecular complexity index is 330. The predicted molar refractivity (Wildman–Crippen MR) is 62.5 cm³/mol. The number of halogens is 1. The smallest absolute Gasteiger partial charge is 0.177 e. The molecule has 0 aliphatic carbocycles. The molecule has 1 rings (SSSR count). The Hall–Kier alpha value is -0.340. The van der Waals surface area contributed by atoms with Gasteiger partial charge in [0.05, 0.1) is 9.90 Å². The van der Waals surface area contributed by atoms with Gasteiger partial charge in [-0.25, -0.2) is 0 Å². The lowest BCUT2D eigenvalue weighted by Gasteiger charge is -2.07. The molecule has 14 heavy (non-hydrogen) atoms. The summed E-state index contributed by atoms with van der Waals surface area (Å²) in [6.45, 7) is 5.99. The van der Waals surface area contributed by atoms with E-state index < -0.39 is 0 Å². The van der Waals surface area contributed by atoms with E-state index in [0.29, 0.717) is 5.02 Å². The molecule has 0 saturated carbocycles. The summed E-state index contributed by atoms with van der Waals surface area (Å²) in [6.07, 6.45) is 1.97. The van der Waals surface area contributed by atoms with Crippen molar-refractivity contribution in [2.75, 3.05) is 0 Å². The molecule has 1 atom stereocenters. The Morgan fingerprint density at radius 3 is 2.71 bits per heavy atom. The first-order valence-corrected chi connectivity index (χ1v) is 6.11. The molecule has 0 aliphatic heterocycles. The van der Waals surface area contributed by atoms with E-state index in [4.69, 9.17) is 11.6 Å². The molecule has 0 spiro atoms. The third-order valence-corrected chi connectivity index (χ3v) is 4.00. The Labute approximate surface area is 94.1 Å². The second-order valence-electron chi connectivity index (χ2n) is 3.62. The Morgan fingerprint density at radius 1 is 1.64 bits per heavy atom. The second-order valence-corrected chi connectivity index (χ2v) is 4.87. The zero-order valence-corrected chi connectivity index (χ0v) is 10.3. The molecule has 0 fully saturated rings. The fourth-order valence-electron chi connectivity index (χ4n) is 1.38. The van der Waals surface area contributed by atoms with Crippen LogP contribution in [-0.2, 0) is 0 Å².